The SMILES string of the molecule is N#Cc1ccnc(N2C(=O)CCC2C(=O)N(c2ccc(-c3ccccn3)c(F)c2)[C@H](C(=O)NC2CC(F)(F)C2)c2ccccc2Cl)c1. The second-order valence-electron chi connectivity index (χ2n) is 11.3. The van der Waals surface area contributed by atoms with Crippen molar-refractivity contribution < 1.29 is 27.6 Å². The largest absolute Gasteiger partial charge is 0.351 e. The van der Waals surface area contributed by atoms with E-state index in [1.807, 2.05) is 6.07 Å². The van der Waals surface area contributed by atoms with E-state index < -0.39 is 60.4 Å². The van der Waals surface area contributed by atoms with E-state index in [0.717, 1.165) is 15.9 Å². The number of amides is 3. The van der Waals surface area contributed by atoms with Gasteiger partial charge in [-0.15, -0.1) is 0 Å². The van der Waals surface area contributed by atoms with E-state index in [-0.39, 0.29) is 46.1 Å². The van der Waals surface area contributed by atoms with Gasteiger partial charge in [0.1, 0.15) is 23.7 Å². The molecule has 9 nitrogen and oxygen atoms in total. The average Bonchev–Trinajstić information content (AvgIpc) is 3.44. The molecule has 238 valence electrons. The van der Waals surface area contributed by atoms with Gasteiger partial charge >= 0.3 is 0 Å². The number of carbonyl (C=O) groups is 3. The minimum absolute atomic E-state index is 0.0207. The molecule has 1 N–H and O–H groups in total. The molecule has 2 aromatic heterocycles. The maximum atomic E-state index is 15.8. The number of halogens is 4. The molecule has 0 radical (unpaired) electrons. The summed E-state index contributed by atoms with van der Waals surface area (Å²) in [6, 6.07) is 16.3. The summed E-state index contributed by atoms with van der Waals surface area (Å²) in [6.45, 7) is 0. The van der Waals surface area contributed by atoms with Crippen molar-refractivity contribution in [2.75, 3.05) is 9.80 Å². The zero-order valence-electron chi connectivity index (χ0n) is 24.6. The third-order valence-corrected chi connectivity index (χ3v) is 8.51. The summed E-state index contributed by atoms with van der Waals surface area (Å²) < 4.78 is 43.3. The van der Waals surface area contributed by atoms with Crippen molar-refractivity contribution in [1.82, 2.24) is 15.3 Å². The summed E-state index contributed by atoms with van der Waals surface area (Å²) in [5.74, 6) is -5.67. The molecule has 2 aliphatic rings. The highest BCUT2D eigenvalue weighted by Crippen LogP contribution is 2.40. The standard InChI is InChI=1S/C34H26ClF3N6O3/c35-25-6-2-1-5-23(25)31(32(46)42-21-17-34(37,38)18-21)43(22-8-9-24(26(36)16-22)27-7-3-4-13-40-27)33(47)28-10-11-30(45)44(28)29-15-20(19-39)12-14-41-29/h1-9,12-16,21,28,31H,10-11,17-18H2,(H,42,46)/t28?,31-/m0/s1. The summed E-state index contributed by atoms with van der Waals surface area (Å²) >= 11 is 6.58. The van der Waals surface area contributed by atoms with E-state index in [4.69, 9.17) is 11.6 Å². The lowest BCUT2D eigenvalue weighted by Crippen LogP contribution is -2.56. The number of nitrogens with zero attached hydrogens (tertiary/aromatic N) is 5. The van der Waals surface area contributed by atoms with Crippen LogP contribution < -0.4 is 15.1 Å². The van der Waals surface area contributed by atoms with E-state index in [2.05, 4.69) is 15.3 Å². The van der Waals surface area contributed by atoms with E-state index >= 15 is 4.39 Å². The van der Waals surface area contributed by atoms with Gasteiger partial charge in [0.05, 0.1) is 17.3 Å². The van der Waals surface area contributed by atoms with Gasteiger partial charge in [0, 0.05) is 59.5 Å². The molecule has 2 atom stereocenters. The van der Waals surface area contributed by atoms with Gasteiger partial charge in [-0.1, -0.05) is 35.9 Å². The molecule has 1 aliphatic carbocycles. The smallest absolute Gasteiger partial charge is 0.252 e. The summed E-state index contributed by atoms with van der Waals surface area (Å²) in [7, 11) is 0. The van der Waals surface area contributed by atoms with Gasteiger partial charge in [0.25, 0.3) is 11.8 Å². The number of pyridine rings is 2. The molecule has 1 saturated carbocycles. The lowest BCUT2D eigenvalue weighted by molar-refractivity contribution is -0.133. The molecule has 2 aromatic carbocycles. The first-order chi connectivity index (χ1) is 22.6. The minimum Gasteiger partial charge on any atom is -0.351 e. The fourth-order valence-electron chi connectivity index (χ4n) is 5.91. The first-order valence-electron chi connectivity index (χ1n) is 14.7. The molecular formula is C34H26ClF3N6O3. The van der Waals surface area contributed by atoms with Crippen LogP contribution in [-0.2, 0) is 14.4 Å². The van der Waals surface area contributed by atoms with Crippen molar-refractivity contribution in [1.29, 1.82) is 5.26 Å². The molecule has 4 aromatic rings. The molecule has 1 saturated heterocycles. The lowest BCUT2D eigenvalue weighted by atomic mass is 9.87. The molecular weight excluding hydrogens is 633 g/mol. The van der Waals surface area contributed by atoms with Crippen LogP contribution in [0, 0.1) is 17.1 Å². The maximum Gasteiger partial charge on any atom is 0.252 e. The predicted molar refractivity (Wildman–Crippen MR) is 167 cm³/mol. The number of nitriles is 1. The Balaban J connectivity index is 1.48. The van der Waals surface area contributed by atoms with Crippen LogP contribution in [0.15, 0.2) is 85.2 Å². The number of aromatic nitrogens is 2. The van der Waals surface area contributed by atoms with Gasteiger partial charge in [0.15, 0.2) is 0 Å². The Bertz CT molecular complexity index is 1900. The molecule has 1 unspecified atom stereocenters. The topological polar surface area (TPSA) is 119 Å². The number of rotatable bonds is 8. The van der Waals surface area contributed by atoms with Gasteiger partial charge in [-0.05, 0) is 55.0 Å². The number of alkyl halides is 2. The molecule has 0 bridgehead atoms. The highest BCUT2D eigenvalue weighted by molar-refractivity contribution is 6.31. The summed E-state index contributed by atoms with van der Waals surface area (Å²) in [5.41, 5.74) is 0.768. The number of hydrogen-bond acceptors (Lipinski definition) is 6. The van der Waals surface area contributed by atoms with Crippen LogP contribution in [0.5, 0.6) is 0 Å². The Kier molecular flexibility index (Phi) is 8.66. The van der Waals surface area contributed by atoms with Crippen molar-refractivity contribution in [3.8, 4) is 17.3 Å². The number of anilines is 2. The first-order valence-corrected chi connectivity index (χ1v) is 15.1. The zero-order valence-corrected chi connectivity index (χ0v) is 25.4. The number of benzene rings is 2. The van der Waals surface area contributed by atoms with Gasteiger partial charge < -0.3 is 5.32 Å². The van der Waals surface area contributed by atoms with Crippen LogP contribution >= 0.6 is 11.6 Å². The Labute approximate surface area is 272 Å². The van der Waals surface area contributed by atoms with Crippen LogP contribution in [0.3, 0.4) is 0 Å². The van der Waals surface area contributed by atoms with Crippen LogP contribution in [0.2, 0.25) is 5.02 Å². The molecule has 3 heterocycles. The Morgan fingerprint density at radius 2 is 1.81 bits per heavy atom. The number of carbonyl (C=O) groups excluding carboxylic acids is 3. The monoisotopic (exact) mass is 658 g/mol. The zero-order chi connectivity index (χ0) is 33.3. The van der Waals surface area contributed by atoms with Crippen molar-refractivity contribution >= 4 is 40.8 Å². The molecule has 0 spiro atoms. The summed E-state index contributed by atoms with van der Waals surface area (Å²) in [5, 5.41) is 12.1. The second-order valence-corrected chi connectivity index (χ2v) is 11.7. The highest BCUT2D eigenvalue weighted by atomic mass is 35.5. The Morgan fingerprint density at radius 1 is 1.04 bits per heavy atom. The molecule has 13 heteroatoms. The third kappa shape index (κ3) is 6.39. The van der Waals surface area contributed by atoms with Crippen LogP contribution in [0.25, 0.3) is 11.3 Å². The quantitative estimate of drug-likeness (QED) is 0.248. The fourth-order valence-corrected chi connectivity index (χ4v) is 6.15. The Morgan fingerprint density at radius 3 is 2.49 bits per heavy atom. The fraction of sp³-hybridized carbons (Fsp3) is 0.235. The predicted octanol–water partition coefficient (Wildman–Crippen LogP) is 5.99. The van der Waals surface area contributed by atoms with E-state index in [1.54, 1.807) is 30.3 Å². The number of nitrogens with one attached hydrogen (secondary N) is 1. The highest BCUT2D eigenvalue weighted by Gasteiger charge is 2.48. The third-order valence-electron chi connectivity index (χ3n) is 8.17. The van der Waals surface area contributed by atoms with E-state index in [0.29, 0.717) is 5.69 Å². The molecule has 3 amide bonds. The summed E-state index contributed by atoms with van der Waals surface area (Å²) in [6.07, 6.45) is 1.64. The average molecular weight is 659 g/mol. The van der Waals surface area contributed by atoms with Gasteiger partial charge in [-0.2, -0.15) is 5.26 Å². The van der Waals surface area contributed by atoms with Crippen molar-refractivity contribution in [2.24, 2.45) is 0 Å². The maximum absolute atomic E-state index is 15.8. The second kappa shape index (κ2) is 12.8. The first kappa shape index (κ1) is 31.7. The molecule has 6 rings (SSSR count). The number of hydrogen-bond donors (Lipinski definition) is 1. The van der Waals surface area contributed by atoms with Crippen molar-refractivity contribution in [2.45, 2.75) is 49.7 Å². The van der Waals surface area contributed by atoms with Crippen molar-refractivity contribution in [3.05, 3.63) is 107 Å². The van der Waals surface area contributed by atoms with Crippen LogP contribution in [-0.4, -0.2) is 45.7 Å². The summed E-state index contributed by atoms with van der Waals surface area (Å²) in [4.78, 5) is 52.6. The van der Waals surface area contributed by atoms with Crippen LogP contribution in [0.1, 0.15) is 42.9 Å². The van der Waals surface area contributed by atoms with E-state index in [9.17, 15) is 28.4 Å². The van der Waals surface area contributed by atoms with E-state index in [1.165, 1.54) is 48.8 Å². The molecule has 1 aliphatic heterocycles. The molecule has 2 fully saturated rings. The van der Waals surface area contributed by atoms with Gasteiger partial charge in [-0.25, -0.2) is 18.2 Å². The lowest BCUT2D eigenvalue weighted by Gasteiger charge is -2.39. The van der Waals surface area contributed by atoms with Crippen LogP contribution in [0.4, 0.5) is 24.7 Å². The Hall–Kier alpha value is -5.28. The normalized spacial score (nSPS) is 17.8. The van der Waals surface area contributed by atoms with Gasteiger partial charge in [0.2, 0.25) is 11.8 Å². The van der Waals surface area contributed by atoms with Gasteiger partial charge in [-0.3, -0.25) is 29.2 Å². The molecule has 47 heavy (non-hydrogen) atoms. The van der Waals surface area contributed by atoms with Crippen molar-refractivity contribution in [3.63, 3.8) is 0 Å². The minimum atomic E-state index is -2.94.